The Labute approximate surface area is 121 Å². The zero-order chi connectivity index (χ0) is 13.8. The normalized spacial score (nSPS) is 11.3. The molecule has 0 atom stereocenters. The number of ether oxygens (including phenoxy) is 1. The second-order valence-electron chi connectivity index (χ2n) is 4.87. The van der Waals surface area contributed by atoms with Crippen LogP contribution in [0.15, 0.2) is 27.6 Å². The van der Waals surface area contributed by atoms with E-state index in [-0.39, 0.29) is 5.97 Å². The van der Waals surface area contributed by atoms with Crippen molar-refractivity contribution < 1.29 is 9.53 Å². The van der Waals surface area contributed by atoms with E-state index in [1.54, 1.807) is 11.8 Å². The highest BCUT2D eigenvalue weighted by Gasteiger charge is 2.15. The third kappa shape index (κ3) is 5.78. The molecule has 0 fully saturated rings. The molecule has 1 aromatic carbocycles. The van der Waals surface area contributed by atoms with E-state index in [2.05, 4.69) is 15.9 Å². The minimum Gasteiger partial charge on any atom is -0.460 e. The lowest BCUT2D eigenvalue weighted by atomic mass is 10.2. The van der Waals surface area contributed by atoms with E-state index >= 15 is 0 Å². The van der Waals surface area contributed by atoms with Gasteiger partial charge in [-0.2, -0.15) is 0 Å². The smallest absolute Gasteiger partial charge is 0.307 e. The van der Waals surface area contributed by atoms with Gasteiger partial charge in [-0.25, -0.2) is 0 Å². The molecule has 0 aromatic heterocycles. The number of thioether (sulfide) groups is 1. The molecule has 0 aliphatic rings. The summed E-state index contributed by atoms with van der Waals surface area (Å²) in [5.74, 6) is 0.492. The number of carbonyl (C=O) groups is 1. The van der Waals surface area contributed by atoms with Gasteiger partial charge in [0.05, 0.1) is 6.42 Å². The first-order chi connectivity index (χ1) is 8.28. The van der Waals surface area contributed by atoms with Crippen LogP contribution in [0.4, 0.5) is 5.69 Å². The van der Waals surface area contributed by atoms with Crippen molar-refractivity contribution in [1.82, 2.24) is 0 Å². The van der Waals surface area contributed by atoms with Gasteiger partial charge in [0.1, 0.15) is 5.60 Å². The number of benzene rings is 1. The number of anilines is 1. The van der Waals surface area contributed by atoms with Crippen molar-refractivity contribution in [3.63, 3.8) is 0 Å². The number of hydrogen-bond donors (Lipinski definition) is 1. The highest BCUT2D eigenvalue weighted by Crippen LogP contribution is 2.28. The fourth-order valence-corrected chi connectivity index (χ4v) is 2.54. The van der Waals surface area contributed by atoms with Gasteiger partial charge in [0.2, 0.25) is 0 Å². The molecule has 0 saturated heterocycles. The number of carbonyl (C=O) groups excluding carboxylic acids is 1. The van der Waals surface area contributed by atoms with E-state index in [9.17, 15) is 4.79 Å². The summed E-state index contributed by atoms with van der Waals surface area (Å²) in [7, 11) is 0. The monoisotopic (exact) mass is 331 g/mol. The SMILES string of the molecule is CC(C)(C)OC(=O)CCSc1ccc(Br)cc1N. The maximum absolute atomic E-state index is 11.5. The van der Waals surface area contributed by atoms with Gasteiger partial charge in [-0.15, -0.1) is 11.8 Å². The van der Waals surface area contributed by atoms with E-state index in [0.717, 1.165) is 15.1 Å². The van der Waals surface area contributed by atoms with Crippen LogP contribution in [0.25, 0.3) is 0 Å². The molecule has 100 valence electrons. The number of nitrogens with two attached hydrogens (primary N) is 1. The standard InChI is InChI=1S/C13H18BrNO2S/c1-13(2,3)17-12(16)6-7-18-11-5-4-9(14)8-10(11)15/h4-5,8H,6-7,15H2,1-3H3. The second-order valence-corrected chi connectivity index (χ2v) is 6.92. The van der Waals surface area contributed by atoms with Gasteiger partial charge in [0.15, 0.2) is 0 Å². The van der Waals surface area contributed by atoms with Gasteiger partial charge in [-0.05, 0) is 39.0 Å². The molecule has 0 aliphatic heterocycles. The minimum absolute atomic E-state index is 0.175. The van der Waals surface area contributed by atoms with Crippen LogP contribution < -0.4 is 5.73 Å². The van der Waals surface area contributed by atoms with Crippen LogP contribution in [0.2, 0.25) is 0 Å². The lowest BCUT2D eigenvalue weighted by molar-refractivity contribution is -0.154. The van der Waals surface area contributed by atoms with Gasteiger partial charge in [0, 0.05) is 20.8 Å². The Bertz CT molecular complexity index is 429. The first kappa shape index (κ1) is 15.4. The number of halogens is 1. The molecule has 0 saturated carbocycles. The average molecular weight is 332 g/mol. The van der Waals surface area contributed by atoms with Crippen LogP contribution in [-0.4, -0.2) is 17.3 Å². The van der Waals surface area contributed by atoms with Crippen molar-refractivity contribution in [1.29, 1.82) is 0 Å². The van der Waals surface area contributed by atoms with E-state index < -0.39 is 5.60 Å². The summed E-state index contributed by atoms with van der Waals surface area (Å²) >= 11 is 4.92. The van der Waals surface area contributed by atoms with Crippen LogP contribution in [0.1, 0.15) is 27.2 Å². The maximum atomic E-state index is 11.5. The van der Waals surface area contributed by atoms with E-state index in [4.69, 9.17) is 10.5 Å². The highest BCUT2D eigenvalue weighted by molar-refractivity contribution is 9.10. The zero-order valence-corrected chi connectivity index (χ0v) is 13.2. The van der Waals surface area contributed by atoms with Crippen LogP contribution >= 0.6 is 27.7 Å². The molecule has 0 spiro atoms. The van der Waals surface area contributed by atoms with Crippen molar-refractivity contribution in [2.75, 3.05) is 11.5 Å². The summed E-state index contributed by atoms with van der Waals surface area (Å²) in [5, 5.41) is 0. The van der Waals surface area contributed by atoms with Crippen molar-refractivity contribution in [3.8, 4) is 0 Å². The number of esters is 1. The van der Waals surface area contributed by atoms with Crippen LogP contribution in [0.5, 0.6) is 0 Å². The molecule has 0 amide bonds. The van der Waals surface area contributed by atoms with Crippen LogP contribution in [-0.2, 0) is 9.53 Å². The molecular weight excluding hydrogens is 314 g/mol. The lowest BCUT2D eigenvalue weighted by Gasteiger charge is -2.19. The number of rotatable bonds is 4. The lowest BCUT2D eigenvalue weighted by Crippen LogP contribution is -2.24. The quantitative estimate of drug-likeness (QED) is 0.517. The van der Waals surface area contributed by atoms with Gasteiger partial charge in [-0.3, -0.25) is 4.79 Å². The summed E-state index contributed by atoms with van der Waals surface area (Å²) in [4.78, 5) is 12.5. The minimum atomic E-state index is -0.418. The fourth-order valence-electron chi connectivity index (χ4n) is 1.29. The third-order valence-electron chi connectivity index (χ3n) is 1.96. The van der Waals surface area contributed by atoms with Crippen molar-refractivity contribution >= 4 is 39.3 Å². The molecule has 5 heteroatoms. The molecule has 0 radical (unpaired) electrons. The summed E-state index contributed by atoms with van der Waals surface area (Å²) < 4.78 is 6.19. The first-order valence-electron chi connectivity index (χ1n) is 5.67. The highest BCUT2D eigenvalue weighted by atomic mass is 79.9. The Balaban J connectivity index is 2.40. The molecule has 3 nitrogen and oxygen atoms in total. The van der Waals surface area contributed by atoms with E-state index in [1.165, 1.54) is 0 Å². The fraction of sp³-hybridized carbons (Fsp3) is 0.462. The largest absolute Gasteiger partial charge is 0.460 e. The molecule has 0 aliphatic carbocycles. The molecule has 1 aromatic rings. The Morgan fingerprint density at radius 2 is 2.11 bits per heavy atom. The predicted molar refractivity (Wildman–Crippen MR) is 79.7 cm³/mol. The second kappa shape index (κ2) is 6.48. The van der Waals surface area contributed by atoms with E-state index in [0.29, 0.717) is 12.2 Å². The Morgan fingerprint density at radius 3 is 2.67 bits per heavy atom. The predicted octanol–water partition coefficient (Wildman–Crippen LogP) is 3.86. The van der Waals surface area contributed by atoms with Gasteiger partial charge in [-0.1, -0.05) is 15.9 Å². The molecule has 0 unspecified atom stereocenters. The topological polar surface area (TPSA) is 52.3 Å². The summed E-state index contributed by atoms with van der Waals surface area (Å²) in [6, 6.07) is 5.74. The van der Waals surface area contributed by atoms with Crippen molar-refractivity contribution in [2.24, 2.45) is 0 Å². The molecule has 2 N–H and O–H groups in total. The Morgan fingerprint density at radius 1 is 1.44 bits per heavy atom. The molecule has 0 bridgehead atoms. The number of nitrogen functional groups attached to an aromatic ring is 1. The zero-order valence-electron chi connectivity index (χ0n) is 10.8. The van der Waals surface area contributed by atoms with Crippen LogP contribution in [0.3, 0.4) is 0 Å². The van der Waals surface area contributed by atoms with Gasteiger partial charge in [0.25, 0.3) is 0 Å². The number of hydrogen-bond acceptors (Lipinski definition) is 4. The van der Waals surface area contributed by atoms with Crippen LogP contribution in [0, 0.1) is 0 Å². The van der Waals surface area contributed by atoms with Gasteiger partial charge < -0.3 is 10.5 Å². The Hall–Kier alpha value is -0.680. The average Bonchev–Trinajstić information content (AvgIpc) is 2.18. The summed E-state index contributed by atoms with van der Waals surface area (Å²) in [6.45, 7) is 5.60. The molecule has 1 rings (SSSR count). The van der Waals surface area contributed by atoms with Crippen molar-refractivity contribution in [2.45, 2.75) is 37.7 Å². The molecular formula is C13H18BrNO2S. The summed E-state index contributed by atoms with van der Waals surface area (Å²) in [5.41, 5.74) is 6.18. The third-order valence-corrected chi connectivity index (χ3v) is 3.54. The van der Waals surface area contributed by atoms with Crippen molar-refractivity contribution in [3.05, 3.63) is 22.7 Å². The first-order valence-corrected chi connectivity index (χ1v) is 7.45. The Kier molecular flexibility index (Phi) is 5.53. The molecule has 0 heterocycles. The molecule has 18 heavy (non-hydrogen) atoms. The van der Waals surface area contributed by atoms with Gasteiger partial charge >= 0.3 is 5.97 Å². The van der Waals surface area contributed by atoms with E-state index in [1.807, 2.05) is 39.0 Å². The summed E-state index contributed by atoms with van der Waals surface area (Å²) in [6.07, 6.45) is 0.386. The maximum Gasteiger partial charge on any atom is 0.307 e.